The third-order valence-electron chi connectivity index (χ3n) is 4.36. The van der Waals surface area contributed by atoms with Crippen molar-refractivity contribution in [2.45, 2.75) is 6.54 Å². The molecule has 1 fully saturated rings. The van der Waals surface area contributed by atoms with Crippen LogP contribution in [0.1, 0.15) is 15.2 Å². The van der Waals surface area contributed by atoms with E-state index < -0.39 is 11.9 Å². The normalized spacial score (nSPS) is 13.6. The van der Waals surface area contributed by atoms with Gasteiger partial charge in [-0.25, -0.2) is 14.4 Å². The van der Waals surface area contributed by atoms with Gasteiger partial charge in [-0.15, -0.1) is 11.3 Å². The highest BCUT2D eigenvalue weighted by molar-refractivity contribution is 7.12. The second-order valence-electron chi connectivity index (χ2n) is 6.56. The molecular weight excluding hydrogens is 446 g/mol. The van der Waals surface area contributed by atoms with Crippen molar-refractivity contribution in [2.24, 2.45) is 0 Å². The number of benzene rings is 1. The Kier molecular flexibility index (Phi) is 9.44. The fraction of sp³-hybridized carbons (Fsp3) is 0.300. The fourth-order valence-corrected chi connectivity index (χ4v) is 3.50. The van der Waals surface area contributed by atoms with Crippen molar-refractivity contribution in [1.29, 1.82) is 0 Å². The molecule has 3 N–H and O–H groups in total. The monoisotopic (exact) mass is 467 g/mol. The SMILES string of the molecule is O=C(CN1CCN(C(=O)NCc2ccc(Cl)cc2)CC1)c1cccs1.O=C(O)C(=O)O. The first-order chi connectivity index (χ1) is 14.8. The van der Waals surface area contributed by atoms with Gasteiger partial charge in [0.15, 0.2) is 5.78 Å². The minimum absolute atomic E-state index is 0.0702. The number of carboxylic acids is 2. The molecule has 1 aromatic heterocycles. The zero-order chi connectivity index (χ0) is 22.8. The molecule has 0 saturated carbocycles. The zero-order valence-electron chi connectivity index (χ0n) is 16.5. The molecule has 2 heterocycles. The lowest BCUT2D eigenvalue weighted by molar-refractivity contribution is -0.159. The van der Waals surface area contributed by atoms with E-state index in [4.69, 9.17) is 31.4 Å². The summed E-state index contributed by atoms with van der Waals surface area (Å²) in [4.78, 5) is 47.3. The number of aliphatic carboxylic acids is 2. The maximum absolute atomic E-state index is 12.3. The van der Waals surface area contributed by atoms with Crippen molar-refractivity contribution in [3.63, 3.8) is 0 Å². The minimum atomic E-state index is -1.82. The van der Waals surface area contributed by atoms with Crippen LogP contribution in [0.5, 0.6) is 0 Å². The molecule has 0 atom stereocenters. The van der Waals surface area contributed by atoms with Gasteiger partial charge >= 0.3 is 18.0 Å². The number of amides is 2. The summed E-state index contributed by atoms with van der Waals surface area (Å²) in [7, 11) is 0. The molecule has 0 spiro atoms. The summed E-state index contributed by atoms with van der Waals surface area (Å²) in [5.74, 6) is -3.50. The Morgan fingerprint density at radius 2 is 1.58 bits per heavy atom. The molecule has 1 saturated heterocycles. The molecule has 11 heteroatoms. The molecule has 2 amide bonds. The largest absolute Gasteiger partial charge is 0.473 e. The van der Waals surface area contributed by atoms with Crippen LogP contribution >= 0.6 is 22.9 Å². The number of hydrogen-bond donors (Lipinski definition) is 3. The van der Waals surface area contributed by atoms with Crippen LogP contribution in [0.15, 0.2) is 41.8 Å². The van der Waals surface area contributed by atoms with Crippen LogP contribution in [0, 0.1) is 0 Å². The standard InChI is InChI=1S/C18H20ClN3O2S.C2H2O4/c19-15-5-3-14(4-6-15)12-20-18(24)22-9-7-21(8-10-22)13-16(23)17-2-1-11-25-17;3-1(4)2(5)6/h1-6,11H,7-10,12-13H2,(H,20,24);(H,3,4)(H,5,6). The van der Waals surface area contributed by atoms with E-state index in [1.54, 1.807) is 4.90 Å². The second kappa shape index (κ2) is 12.0. The van der Waals surface area contributed by atoms with E-state index in [2.05, 4.69) is 10.2 Å². The molecule has 0 bridgehead atoms. The van der Waals surface area contributed by atoms with Crippen LogP contribution in [0.3, 0.4) is 0 Å². The minimum Gasteiger partial charge on any atom is -0.473 e. The smallest absolute Gasteiger partial charge is 0.414 e. The van der Waals surface area contributed by atoms with Gasteiger partial charge in [-0.05, 0) is 29.1 Å². The number of carboxylic acid groups (broad SMARTS) is 2. The Hall–Kier alpha value is -2.95. The number of halogens is 1. The molecule has 0 aliphatic carbocycles. The molecule has 1 aliphatic rings. The summed E-state index contributed by atoms with van der Waals surface area (Å²) in [6, 6.07) is 11.1. The van der Waals surface area contributed by atoms with E-state index in [0.29, 0.717) is 44.3 Å². The van der Waals surface area contributed by atoms with Crippen molar-refractivity contribution in [1.82, 2.24) is 15.1 Å². The number of hydrogen-bond acceptors (Lipinski definition) is 6. The Bertz CT molecular complexity index is 884. The second-order valence-corrected chi connectivity index (χ2v) is 7.94. The van der Waals surface area contributed by atoms with Crippen molar-refractivity contribution in [2.75, 3.05) is 32.7 Å². The first kappa shape index (κ1) is 24.3. The molecule has 31 heavy (non-hydrogen) atoms. The van der Waals surface area contributed by atoms with Gasteiger partial charge < -0.3 is 20.4 Å². The predicted molar refractivity (Wildman–Crippen MR) is 116 cm³/mol. The van der Waals surface area contributed by atoms with Crippen molar-refractivity contribution in [3.8, 4) is 0 Å². The van der Waals surface area contributed by atoms with E-state index in [0.717, 1.165) is 10.4 Å². The van der Waals surface area contributed by atoms with E-state index >= 15 is 0 Å². The van der Waals surface area contributed by atoms with E-state index in [1.807, 2.05) is 41.8 Å². The van der Waals surface area contributed by atoms with Crippen LogP contribution in [-0.2, 0) is 16.1 Å². The number of thiophene rings is 1. The van der Waals surface area contributed by atoms with Gasteiger partial charge in [0.25, 0.3) is 0 Å². The van der Waals surface area contributed by atoms with E-state index in [-0.39, 0.29) is 11.8 Å². The number of Topliss-reactive ketones (excluding diaryl/α,β-unsaturated/α-hetero) is 1. The van der Waals surface area contributed by atoms with Gasteiger partial charge in [0, 0.05) is 37.7 Å². The van der Waals surface area contributed by atoms with Crippen LogP contribution in [-0.4, -0.2) is 76.5 Å². The number of carbonyl (C=O) groups excluding carboxylic acids is 2. The van der Waals surface area contributed by atoms with Crippen LogP contribution < -0.4 is 5.32 Å². The molecule has 9 nitrogen and oxygen atoms in total. The Labute approximate surface area is 187 Å². The number of rotatable bonds is 5. The third kappa shape index (κ3) is 8.36. The fourth-order valence-electron chi connectivity index (χ4n) is 2.72. The summed E-state index contributed by atoms with van der Waals surface area (Å²) in [6.45, 7) is 3.58. The van der Waals surface area contributed by atoms with Gasteiger partial charge in [0.2, 0.25) is 0 Å². The number of urea groups is 1. The lowest BCUT2D eigenvalue weighted by Crippen LogP contribution is -2.52. The van der Waals surface area contributed by atoms with Crippen molar-refractivity contribution < 1.29 is 29.4 Å². The topological polar surface area (TPSA) is 127 Å². The van der Waals surface area contributed by atoms with Gasteiger partial charge in [-0.2, -0.15) is 0 Å². The van der Waals surface area contributed by atoms with Gasteiger partial charge in [-0.3, -0.25) is 9.69 Å². The summed E-state index contributed by atoms with van der Waals surface area (Å²) < 4.78 is 0. The Morgan fingerprint density at radius 1 is 0.968 bits per heavy atom. The molecule has 1 aliphatic heterocycles. The average molecular weight is 468 g/mol. The molecule has 0 unspecified atom stereocenters. The first-order valence-electron chi connectivity index (χ1n) is 9.28. The Morgan fingerprint density at radius 3 is 2.10 bits per heavy atom. The maximum Gasteiger partial charge on any atom is 0.414 e. The van der Waals surface area contributed by atoms with Crippen LogP contribution in [0.25, 0.3) is 0 Å². The van der Waals surface area contributed by atoms with Crippen LogP contribution in [0.4, 0.5) is 4.79 Å². The third-order valence-corrected chi connectivity index (χ3v) is 5.53. The molecular formula is C20H22ClN3O6S. The lowest BCUT2D eigenvalue weighted by atomic mass is 10.2. The number of piperazine rings is 1. The maximum atomic E-state index is 12.3. The summed E-state index contributed by atoms with van der Waals surface area (Å²) in [5.41, 5.74) is 1.01. The summed E-state index contributed by atoms with van der Waals surface area (Å²) >= 11 is 7.33. The van der Waals surface area contributed by atoms with Gasteiger partial charge in [-0.1, -0.05) is 29.8 Å². The highest BCUT2D eigenvalue weighted by Gasteiger charge is 2.22. The molecule has 3 rings (SSSR count). The lowest BCUT2D eigenvalue weighted by Gasteiger charge is -2.34. The van der Waals surface area contributed by atoms with Crippen molar-refractivity contribution in [3.05, 3.63) is 57.2 Å². The molecule has 166 valence electrons. The van der Waals surface area contributed by atoms with Crippen LogP contribution in [0.2, 0.25) is 5.02 Å². The number of carbonyl (C=O) groups is 4. The number of nitrogens with zero attached hydrogens (tertiary/aromatic N) is 2. The number of ketones is 1. The molecule has 1 aromatic carbocycles. The first-order valence-corrected chi connectivity index (χ1v) is 10.5. The molecule has 2 aromatic rings. The summed E-state index contributed by atoms with van der Waals surface area (Å²) in [6.07, 6.45) is 0. The average Bonchev–Trinajstić information content (AvgIpc) is 3.29. The van der Waals surface area contributed by atoms with Crippen molar-refractivity contribution >= 4 is 46.7 Å². The molecule has 0 radical (unpaired) electrons. The zero-order valence-corrected chi connectivity index (χ0v) is 18.1. The van der Waals surface area contributed by atoms with E-state index in [1.165, 1.54) is 11.3 Å². The van der Waals surface area contributed by atoms with Gasteiger partial charge in [0.05, 0.1) is 11.4 Å². The van der Waals surface area contributed by atoms with E-state index in [9.17, 15) is 9.59 Å². The Balaban J connectivity index is 0.000000501. The predicted octanol–water partition coefficient (Wildman–Crippen LogP) is 2.27. The van der Waals surface area contributed by atoms with Gasteiger partial charge in [0.1, 0.15) is 0 Å². The summed E-state index contributed by atoms with van der Waals surface area (Å²) in [5, 5.41) is 20.3. The number of nitrogens with one attached hydrogen (secondary N) is 1. The highest BCUT2D eigenvalue weighted by Crippen LogP contribution is 2.12. The highest BCUT2D eigenvalue weighted by atomic mass is 35.5. The quantitative estimate of drug-likeness (QED) is 0.454.